The minimum Gasteiger partial charge on any atom is -0.481 e. The minimum atomic E-state index is -1.22. The second-order valence-electron chi connectivity index (χ2n) is 5.89. The van der Waals surface area contributed by atoms with Gasteiger partial charge in [0.2, 0.25) is 0 Å². The van der Waals surface area contributed by atoms with Gasteiger partial charge in [0.05, 0.1) is 10.8 Å². The van der Waals surface area contributed by atoms with Crippen LogP contribution in [0.3, 0.4) is 0 Å². The van der Waals surface area contributed by atoms with E-state index in [2.05, 4.69) is 0 Å². The number of hydrogen-bond donors (Lipinski definition) is 3. The summed E-state index contributed by atoms with van der Waals surface area (Å²) in [5, 5.41) is 18.3. The zero-order valence-electron chi connectivity index (χ0n) is 11.2. The highest BCUT2D eigenvalue weighted by Crippen LogP contribution is 2.60. The van der Waals surface area contributed by atoms with Gasteiger partial charge in [-0.15, -0.1) is 11.8 Å². The Balaban J connectivity index is 3.34. The van der Waals surface area contributed by atoms with E-state index < -0.39 is 32.9 Å². The van der Waals surface area contributed by atoms with Crippen LogP contribution in [-0.2, 0) is 9.59 Å². The van der Waals surface area contributed by atoms with Crippen LogP contribution in [0.15, 0.2) is 0 Å². The van der Waals surface area contributed by atoms with Crippen LogP contribution in [0.2, 0.25) is 0 Å². The molecular weight excluding hydrogens is 254 g/mol. The summed E-state index contributed by atoms with van der Waals surface area (Å²) in [6.45, 7) is 7.16. The first kappa shape index (κ1) is 15.3. The van der Waals surface area contributed by atoms with Crippen LogP contribution in [0.4, 0.5) is 0 Å². The molecule has 0 aromatic rings. The Labute approximate surface area is 111 Å². The number of rotatable bonds is 3. The second kappa shape index (κ2) is 4.42. The number of aliphatic carboxylic acids is 2. The Hall–Kier alpha value is -0.750. The molecule has 1 aliphatic rings. The van der Waals surface area contributed by atoms with Crippen LogP contribution in [0.25, 0.3) is 0 Å². The third-order valence-electron chi connectivity index (χ3n) is 4.08. The molecule has 0 aliphatic carbocycles. The fraction of sp³-hybridized carbons (Fsp3) is 0.833. The van der Waals surface area contributed by atoms with Gasteiger partial charge in [0, 0.05) is 0 Å². The lowest BCUT2D eigenvalue weighted by Crippen LogP contribution is -2.52. The summed E-state index contributed by atoms with van der Waals surface area (Å²) in [4.78, 5) is 23.2. The van der Waals surface area contributed by atoms with Crippen LogP contribution in [0.5, 0.6) is 0 Å². The lowest BCUT2D eigenvalue weighted by atomic mass is 9.62. The molecule has 5 nitrogen and oxygen atoms in total. The molecule has 1 saturated heterocycles. The monoisotopic (exact) mass is 275 g/mol. The maximum absolute atomic E-state index is 11.7. The molecule has 0 amide bonds. The average Bonchev–Trinajstić information content (AvgIpc) is 2.53. The smallest absolute Gasteiger partial charge is 0.319 e. The summed E-state index contributed by atoms with van der Waals surface area (Å²) < 4.78 is -1.09. The summed E-state index contributed by atoms with van der Waals surface area (Å²) in [6, 6.07) is 0. The molecule has 0 aromatic heterocycles. The number of nitrogens with two attached hydrogens (primary N) is 1. The number of carboxylic acid groups (broad SMARTS) is 2. The van der Waals surface area contributed by atoms with Gasteiger partial charge < -0.3 is 15.9 Å². The standard InChI is InChI=1S/C12H21NO4S/c1-5-11(8(14)15)6-12(9(16)17,7(13)18-11)10(2,3)4/h7H,5-6,13H2,1-4H3,(H,14,15)(H,16,17). The summed E-state index contributed by atoms with van der Waals surface area (Å²) in [7, 11) is 0. The Kier molecular flexibility index (Phi) is 3.76. The summed E-state index contributed by atoms with van der Waals surface area (Å²) >= 11 is 1.08. The van der Waals surface area contributed by atoms with Gasteiger partial charge in [-0.1, -0.05) is 27.7 Å². The minimum absolute atomic E-state index is 0.0660. The third kappa shape index (κ3) is 1.91. The number of thioether (sulfide) groups is 1. The normalized spacial score (nSPS) is 36.6. The first-order valence-electron chi connectivity index (χ1n) is 5.94. The van der Waals surface area contributed by atoms with Crippen molar-refractivity contribution in [3.63, 3.8) is 0 Å². The van der Waals surface area contributed by atoms with E-state index in [4.69, 9.17) is 5.73 Å². The van der Waals surface area contributed by atoms with E-state index in [1.54, 1.807) is 27.7 Å². The predicted octanol–water partition coefficient (Wildman–Crippen LogP) is 1.76. The maximum atomic E-state index is 11.7. The molecule has 1 rings (SSSR count). The van der Waals surface area contributed by atoms with Gasteiger partial charge in [-0.3, -0.25) is 9.59 Å². The molecule has 3 unspecified atom stereocenters. The Bertz CT molecular complexity index is 379. The molecule has 18 heavy (non-hydrogen) atoms. The van der Waals surface area contributed by atoms with Crippen LogP contribution in [-0.4, -0.2) is 32.3 Å². The Morgan fingerprint density at radius 1 is 1.33 bits per heavy atom. The van der Waals surface area contributed by atoms with Crippen molar-refractivity contribution < 1.29 is 19.8 Å². The highest BCUT2D eigenvalue weighted by atomic mass is 32.2. The highest BCUT2D eigenvalue weighted by Gasteiger charge is 2.65. The van der Waals surface area contributed by atoms with Gasteiger partial charge in [0.15, 0.2) is 0 Å². The lowest BCUT2D eigenvalue weighted by Gasteiger charge is -2.40. The van der Waals surface area contributed by atoms with Crippen molar-refractivity contribution in [2.75, 3.05) is 0 Å². The lowest BCUT2D eigenvalue weighted by molar-refractivity contribution is -0.158. The van der Waals surface area contributed by atoms with Crippen molar-refractivity contribution in [2.45, 2.75) is 50.7 Å². The van der Waals surface area contributed by atoms with Crippen LogP contribution in [0.1, 0.15) is 40.5 Å². The van der Waals surface area contributed by atoms with Gasteiger partial charge in [-0.05, 0) is 18.3 Å². The molecule has 0 saturated carbocycles. The SMILES string of the molecule is CCC1(C(=O)O)CC(C(=O)O)(C(C)(C)C)C(N)S1. The Morgan fingerprint density at radius 2 is 1.83 bits per heavy atom. The van der Waals surface area contributed by atoms with Crippen molar-refractivity contribution in [1.82, 2.24) is 0 Å². The van der Waals surface area contributed by atoms with E-state index in [-0.39, 0.29) is 6.42 Å². The molecule has 0 bridgehead atoms. The van der Waals surface area contributed by atoms with Crippen molar-refractivity contribution >= 4 is 23.7 Å². The van der Waals surface area contributed by atoms with Crippen molar-refractivity contribution in [1.29, 1.82) is 0 Å². The van der Waals surface area contributed by atoms with Gasteiger partial charge in [-0.25, -0.2) is 0 Å². The quantitative estimate of drug-likeness (QED) is 0.725. The van der Waals surface area contributed by atoms with Gasteiger partial charge in [0.1, 0.15) is 4.75 Å². The number of carboxylic acids is 2. The molecule has 0 radical (unpaired) electrons. The van der Waals surface area contributed by atoms with E-state index in [9.17, 15) is 19.8 Å². The van der Waals surface area contributed by atoms with Crippen molar-refractivity contribution in [3.05, 3.63) is 0 Å². The average molecular weight is 275 g/mol. The van der Waals surface area contributed by atoms with Gasteiger partial charge in [-0.2, -0.15) is 0 Å². The topological polar surface area (TPSA) is 101 Å². The molecule has 1 fully saturated rings. The largest absolute Gasteiger partial charge is 0.481 e. The van der Waals surface area contributed by atoms with Crippen molar-refractivity contribution in [3.8, 4) is 0 Å². The predicted molar refractivity (Wildman–Crippen MR) is 70.4 cm³/mol. The molecule has 0 spiro atoms. The summed E-state index contributed by atoms with van der Waals surface area (Å²) in [5.74, 6) is -1.98. The van der Waals surface area contributed by atoms with Crippen LogP contribution >= 0.6 is 11.8 Å². The first-order valence-corrected chi connectivity index (χ1v) is 6.81. The second-order valence-corrected chi connectivity index (χ2v) is 7.42. The fourth-order valence-electron chi connectivity index (χ4n) is 2.63. The van der Waals surface area contributed by atoms with E-state index in [0.29, 0.717) is 6.42 Å². The molecule has 104 valence electrons. The van der Waals surface area contributed by atoms with Crippen molar-refractivity contribution in [2.24, 2.45) is 16.6 Å². The van der Waals surface area contributed by atoms with Gasteiger partial charge in [0.25, 0.3) is 0 Å². The molecule has 4 N–H and O–H groups in total. The van der Waals surface area contributed by atoms with E-state index in [1.165, 1.54) is 0 Å². The molecule has 0 aromatic carbocycles. The van der Waals surface area contributed by atoms with E-state index in [0.717, 1.165) is 11.8 Å². The summed E-state index contributed by atoms with van der Waals surface area (Å²) in [5.41, 5.74) is 4.19. The Morgan fingerprint density at radius 3 is 2.00 bits per heavy atom. The highest BCUT2D eigenvalue weighted by molar-refractivity contribution is 8.02. The van der Waals surface area contributed by atoms with E-state index in [1.807, 2.05) is 0 Å². The van der Waals surface area contributed by atoms with Crippen LogP contribution < -0.4 is 5.73 Å². The zero-order chi connectivity index (χ0) is 14.4. The molecule has 1 heterocycles. The molecule has 3 atom stereocenters. The molecule has 6 heteroatoms. The summed E-state index contributed by atoms with van der Waals surface area (Å²) in [6.07, 6.45) is 0.433. The van der Waals surface area contributed by atoms with Crippen LogP contribution in [0, 0.1) is 10.8 Å². The number of hydrogen-bond acceptors (Lipinski definition) is 4. The van der Waals surface area contributed by atoms with E-state index >= 15 is 0 Å². The molecule has 1 aliphatic heterocycles. The first-order chi connectivity index (χ1) is 8.03. The zero-order valence-corrected chi connectivity index (χ0v) is 12.0. The molecular formula is C12H21NO4S. The number of carbonyl (C=O) groups is 2. The van der Waals surface area contributed by atoms with Gasteiger partial charge >= 0.3 is 11.9 Å². The third-order valence-corrected chi connectivity index (χ3v) is 5.80. The fourth-order valence-corrected chi connectivity index (χ4v) is 4.44. The maximum Gasteiger partial charge on any atom is 0.319 e.